The SMILES string of the molecule is CC(C)N(C)C[C@@H]1C[C@H]2CN(c3ncccn3)C[C@H]2O1. The Morgan fingerprint density at radius 1 is 1.35 bits per heavy atom. The van der Waals surface area contributed by atoms with Gasteiger partial charge in [-0.25, -0.2) is 9.97 Å². The number of anilines is 1. The Labute approximate surface area is 121 Å². The molecular weight excluding hydrogens is 252 g/mol. The molecule has 0 N–H and O–H groups in total. The van der Waals surface area contributed by atoms with Crippen LogP contribution in [0.3, 0.4) is 0 Å². The van der Waals surface area contributed by atoms with Crippen LogP contribution in [-0.2, 0) is 4.74 Å². The summed E-state index contributed by atoms with van der Waals surface area (Å²) >= 11 is 0. The van der Waals surface area contributed by atoms with Gasteiger partial charge in [-0.3, -0.25) is 0 Å². The maximum Gasteiger partial charge on any atom is 0.225 e. The number of hydrogen-bond acceptors (Lipinski definition) is 5. The van der Waals surface area contributed by atoms with Crippen LogP contribution in [0.1, 0.15) is 20.3 Å². The van der Waals surface area contributed by atoms with E-state index in [0.717, 1.165) is 32.0 Å². The molecule has 1 aromatic rings. The van der Waals surface area contributed by atoms with Crippen molar-refractivity contribution in [1.29, 1.82) is 0 Å². The summed E-state index contributed by atoms with van der Waals surface area (Å²) in [4.78, 5) is 13.3. The van der Waals surface area contributed by atoms with Crippen molar-refractivity contribution in [2.45, 2.75) is 38.5 Å². The Kier molecular flexibility index (Phi) is 3.89. The van der Waals surface area contributed by atoms with Crippen molar-refractivity contribution < 1.29 is 4.74 Å². The van der Waals surface area contributed by atoms with E-state index in [1.807, 2.05) is 6.07 Å². The molecule has 110 valence electrons. The van der Waals surface area contributed by atoms with Gasteiger partial charge in [0.05, 0.1) is 12.2 Å². The number of likely N-dealkylation sites (N-methyl/N-ethyl adjacent to an activating group) is 1. The lowest BCUT2D eigenvalue weighted by molar-refractivity contribution is 0.0265. The highest BCUT2D eigenvalue weighted by Crippen LogP contribution is 2.34. The minimum atomic E-state index is 0.351. The Morgan fingerprint density at radius 2 is 2.10 bits per heavy atom. The number of aromatic nitrogens is 2. The van der Waals surface area contributed by atoms with Gasteiger partial charge in [-0.05, 0) is 33.4 Å². The first-order valence-corrected chi connectivity index (χ1v) is 7.51. The average Bonchev–Trinajstić information content (AvgIpc) is 2.97. The standard InChI is InChI=1S/C15H24N4O/c1-11(2)18(3)9-13-7-12-8-19(10-14(12)20-13)15-16-5-4-6-17-15/h4-6,11-14H,7-10H2,1-3H3/t12-,13-,14+/m0/s1. The Bertz CT molecular complexity index is 425. The van der Waals surface area contributed by atoms with Crippen molar-refractivity contribution in [2.24, 2.45) is 5.92 Å². The molecule has 2 aliphatic heterocycles. The van der Waals surface area contributed by atoms with Crippen molar-refractivity contribution in [2.75, 3.05) is 31.6 Å². The highest BCUT2D eigenvalue weighted by Gasteiger charge is 2.42. The van der Waals surface area contributed by atoms with Gasteiger partial charge in [-0.1, -0.05) is 0 Å². The van der Waals surface area contributed by atoms with Crippen molar-refractivity contribution >= 4 is 5.95 Å². The number of fused-ring (bicyclic) bond motifs is 1. The third kappa shape index (κ3) is 2.79. The van der Waals surface area contributed by atoms with Crippen LogP contribution >= 0.6 is 0 Å². The largest absolute Gasteiger partial charge is 0.371 e. The van der Waals surface area contributed by atoms with Crippen LogP contribution in [0.25, 0.3) is 0 Å². The van der Waals surface area contributed by atoms with Crippen LogP contribution in [0, 0.1) is 5.92 Å². The lowest BCUT2D eigenvalue weighted by Crippen LogP contribution is -2.35. The lowest BCUT2D eigenvalue weighted by atomic mass is 10.0. The molecule has 0 radical (unpaired) electrons. The second-order valence-corrected chi connectivity index (χ2v) is 6.28. The van der Waals surface area contributed by atoms with Gasteiger partial charge in [-0.2, -0.15) is 0 Å². The van der Waals surface area contributed by atoms with E-state index in [0.29, 0.717) is 24.2 Å². The van der Waals surface area contributed by atoms with E-state index in [9.17, 15) is 0 Å². The van der Waals surface area contributed by atoms with Gasteiger partial charge < -0.3 is 14.5 Å². The fourth-order valence-corrected chi connectivity index (χ4v) is 3.13. The summed E-state index contributed by atoms with van der Waals surface area (Å²) in [5.41, 5.74) is 0. The maximum atomic E-state index is 6.22. The third-order valence-corrected chi connectivity index (χ3v) is 4.52. The average molecular weight is 276 g/mol. The van der Waals surface area contributed by atoms with Gasteiger partial charge in [0.25, 0.3) is 0 Å². The predicted octanol–water partition coefficient (Wildman–Crippen LogP) is 1.41. The summed E-state index contributed by atoms with van der Waals surface area (Å²) < 4.78 is 6.22. The summed E-state index contributed by atoms with van der Waals surface area (Å²) in [5.74, 6) is 1.46. The molecule has 0 spiro atoms. The number of hydrogen-bond donors (Lipinski definition) is 0. The van der Waals surface area contributed by atoms with Crippen molar-refractivity contribution in [3.8, 4) is 0 Å². The smallest absolute Gasteiger partial charge is 0.225 e. The molecule has 2 saturated heterocycles. The normalized spacial score (nSPS) is 29.4. The van der Waals surface area contributed by atoms with Gasteiger partial charge in [0, 0.05) is 44.0 Å². The molecule has 5 heteroatoms. The van der Waals surface area contributed by atoms with Crippen LogP contribution in [0.4, 0.5) is 5.95 Å². The van der Waals surface area contributed by atoms with Crippen molar-refractivity contribution in [1.82, 2.24) is 14.9 Å². The molecule has 0 aromatic carbocycles. The fraction of sp³-hybridized carbons (Fsp3) is 0.733. The van der Waals surface area contributed by atoms with E-state index in [2.05, 4.69) is 40.7 Å². The summed E-state index contributed by atoms with van der Waals surface area (Å²) in [6, 6.07) is 2.43. The van der Waals surface area contributed by atoms with Crippen LogP contribution < -0.4 is 4.90 Å². The quantitative estimate of drug-likeness (QED) is 0.832. The zero-order chi connectivity index (χ0) is 14.1. The molecule has 0 saturated carbocycles. The first kappa shape index (κ1) is 13.8. The van der Waals surface area contributed by atoms with Crippen molar-refractivity contribution in [3.63, 3.8) is 0 Å². The summed E-state index contributed by atoms with van der Waals surface area (Å²) in [6.07, 6.45) is 5.50. The molecule has 20 heavy (non-hydrogen) atoms. The van der Waals surface area contributed by atoms with Gasteiger partial charge >= 0.3 is 0 Å². The first-order chi connectivity index (χ1) is 9.63. The van der Waals surface area contributed by atoms with Gasteiger partial charge in [0.15, 0.2) is 0 Å². The molecular formula is C15H24N4O. The highest BCUT2D eigenvalue weighted by atomic mass is 16.5. The number of rotatable bonds is 4. The Morgan fingerprint density at radius 3 is 2.75 bits per heavy atom. The summed E-state index contributed by atoms with van der Waals surface area (Å²) in [7, 11) is 2.17. The van der Waals surface area contributed by atoms with E-state index in [4.69, 9.17) is 4.74 Å². The van der Waals surface area contributed by atoms with E-state index in [1.54, 1.807) is 12.4 Å². The minimum Gasteiger partial charge on any atom is -0.371 e. The monoisotopic (exact) mass is 276 g/mol. The Balaban J connectivity index is 1.55. The minimum absolute atomic E-state index is 0.351. The molecule has 0 bridgehead atoms. The summed E-state index contributed by atoms with van der Waals surface area (Å²) in [6.45, 7) is 7.44. The second-order valence-electron chi connectivity index (χ2n) is 6.28. The topological polar surface area (TPSA) is 41.5 Å². The van der Waals surface area contributed by atoms with Gasteiger partial charge in [-0.15, -0.1) is 0 Å². The molecule has 1 aromatic heterocycles. The molecule has 2 fully saturated rings. The maximum absolute atomic E-state index is 6.22. The number of ether oxygens (including phenoxy) is 1. The van der Waals surface area contributed by atoms with Crippen LogP contribution in [-0.4, -0.2) is 59.8 Å². The van der Waals surface area contributed by atoms with Crippen molar-refractivity contribution in [3.05, 3.63) is 18.5 Å². The molecule has 0 unspecified atom stereocenters. The molecule has 0 aliphatic carbocycles. The zero-order valence-corrected chi connectivity index (χ0v) is 12.6. The predicted molar refractivity (Wildman–Crippen MR) is 78.8 cm³/mol. The van der Waals surface area contributed by atoms with E-state index >= 15 is 0 Å². The summed E-state index contributed by atoms with van der Waals surface area (Å²) in [5, 5.41) is 0. The highest BCUT2D eigenvalue weighted by molar-refractivity contribution is 5.32. The number of nitrogens with zero attached hydrogens (tertiary/aromatic N) is 4. The molecule has 5 nitrogen and oxygen atoms in total. The first-order valence-electron chi connectivity index (χ1n) is 7.51. The second kappa shape index (κ2) is 5.66. The van der Waals surface area contributed by atoms with Crippen LogP contribution in [0.15, 0.2) is 18.5 Å². The molecule has 2 aliphatic rings. The third-order valence-electron chi connectivity index (χ3n) is 4.52. The van der Waals surface area contributed by atoms with E-state index in [-0.39, 0.29) is 0 Å². The Hall–Kier alpha value is -1.20. The van der Waals surface area contributed by atoms with Gasteiger partial charge in [0.2, 0.25) is 5.95 Å². The van der Waals surface area contributed by atoms with E-state index < -0.39 is 0 Å². The van der Waals surface area contributed by atoms with Gasteiger partial charge in [0.1, 0.15) is 0 Å². The molecule has 3 heterocycles. The lowest BCUT2D eigenvalue weighted by Gasteiger charge is -2.25. The molecule has 3 atom stereocenters. The van der Waals surface area contributed by atoms with Crippen LogP contribution in [0.5, 0.6) is 0 Å². The molecule has 3 rings (SSSR count). The van der Waals surface area contributed by atoms with E-state index in [1.165, 1.54) is 0 Å². The zero-order valence-electron chi connectivity index (χ0n) is 12.6. The fourth-order valence-electron chi connectivity index (χ4n) is 3.13. The molecule has 0 amide bonds. The van der Waals surface area contributed by atoms with Crippen LogP contribution in [0.2, 0.25) is 0 Å².